The Hall–Kier alpha value is -1.81. The number of aryl methyl sites for hydroxylation is 2. The van der Waals surface area contributed by atoms with Crippen LogP contribution in [0.5, 0.6) is 0 Å². The highest BCUT2D eigenvalue weighted by Gasteiger charge is 2.14. The van der Waals surface area contributed by atoms with Crippen molar-refractivity contribution in [1.29, 1.82) is 0 Å². The number of carbonyl (C=O) groups excluding carboxylic acids is 2. The predicted molar refractivity (Wildman–Crippen MR) is 148 cm³/mol. The van der Waals surface area contributed by atoms with E-state index in [4.69, 9.17) is 19.3 Å². The summed E-state index contributed by atoms with van der Waals surface area (Å²) in [6, 6.07) is 6.40. The molecular formula is C30H53NO3. The first-order valence-electron chi connectivity index (χ1n) is 12.9. The molecule has 1 saturated carbocycles. The number of nitrogens with zero attached hydrogens (tertiary/aromatic N) is 1. The first kappa shape index (κ1) is 34.4. The lowest BCUT2D eigenvalue weighted by Gasteiger charge is -2.19. The van der Waals surface area contributed by atoms with E-state index >= 15 is 0 Å². The molecule has 1 aliphatic heterocycles. The lowest BCUT2D eigenvalue weighted by molar-refractivity contribution is -0.106. The fraction of sp³-hybridized carbons (Fsp3) is 0.700. The number of hydrogen-bond donors (Lipinski definition) is 0. The molecule has 1 aromatic rings. The van der Waals surface area contributed by atoms with Gasteiger partial charge in [0.05, 0.1) is 5.69 Å². The maximum atomic E-state index is 8.81. The average Bonchev–Trinajstić information content (AvgIpc) is 3.30. The fourth-order valence-electron chi connectivity index (χ4n) is 3.47. The van der Waals surface area contributed by atoms with Crippen molar-refractivity contribution in [3.63, 3.8) is 0 Å². The second-order valence-electron chi connectivity index (χ2n) is 10.3. The molecular weight excluding hydrogens is 422 g/mol. The number of hydrogen-bond acceptors (Lipinski definition) is 4. The van der Waals surface area contributed by atoms with E-state index in [1.807, 2.05) is 6.79 Å². The first-order valence-corrected chi connectivity index (χ1v) is 12.9. The highest BCUT2D eigenvalue weighted by molar-refractivity contribution is 5.89. The number of carbonyl (C=O) groups is 2. The van der Waals surface area contributed by atoms with E-state index in [1.165, 1.54) is 68.7 Å². The van der Waals surface area contributed by atoms with Gasteiger partial charge < -0.3 is 14.3 Å². The van der Waals surface area contributed by atoms with Gasteiger partial charge in [-0.15, -0.1) is 0 Å². The highest BCUT2D eigenvalue weighted by Crippen LogP contribution is 2.25. The number of aliphatic imine (C=N–C) groups is 1. The number of ether oxygens (including phenoxy) is 1. The van der Waals surface area contributed by atoms with Gasteiger partial charge in [0.2, 0.25) is 0 Å². The summed E-state index contributed by atoms with van der Waals surface area (Å²) in [5, 5.41) is 0. The smallest absolute Gasteiger partial charge is 0.116 e. The fourth-order valence-corrected chi connectivity index (χ4v) is 3.47. The first-order chi connectivity index (χ1) is 16.0. The van der Waals surface area contributed by atoms with Crippen LogP contribution < -0.4 is 0 Å². The summed E-state index contributed by atoms with van der Waals surface area (Å²) >= 11 is 0. The van der Waals surface area contributed by atoms with Gasteiger partial charge >= 0.3 is 0 Å². The summed E-state index contributed by atoms with van der Waals surface area (Å²) in [4.78, 5) is 21.5. The van der Waals surface area contributed by atoms with E-state index in [-0.39, 0.29) is 5.41 Å². The summed E-state index contributed by atoms with van der Waals surface area (Å²) in [5.41, 5.74) is 4.93. The Kier molecular flexibility index (Phi) is 20.8. The summed E-state index contributed by atoms with van der Waals surface area (Å²) in [6.45, 7) is 22.9. The van der Waals surface area contributed by atoms with Crippen molar-refractivity contribution in [2.45, 2.75) is 107 Å². The Balaban J connectivity index is 0. The van der Waals surface area contributed by atoms with E-state index in [9.17, 15) is 0 Å². The predicted octanol–water partition coefficient (Wildman–Crippen LogP) is 8.48. The summed E-state index contributed by atoms with van der Waals surface area (Å²) in [5.74, 6) is 2.01. The van der Waals surface area contributed by atoms with Crippen LogP contribution in [0.3, 0.4) is 0 Å². The molecule has 2 aliphatic rings. The molecule has 0 atom stereocenters. The molecule has 0 bridgehead atoms. The average molecular weight is 476 g/mol. The Bertz CT molecular complexity index is 664. The van der Waals surface area contributed by atoms with Gasteiger partial charge in [0.1, 0.15) is 13.1 Å². The van der Waals surface area contributed by atoms with E-state index in [0.717, 1.165) is 37.0 Å². The third kappa shape index (κ3) is 17.6. The van der Waals surface area contributed by atoms with Gasteiger partial charge in [-0.2, -0.15) is 0 Å². The molecule has 4 nitrogen and oxygen atoms in total. The molecule has 2 fully saturated rings. The molecule has 0 N–H and O–H groups in total. The monoisotopic (exact) mass is 475 g/mol. The maximum absolute atomic E-state index is 8.81. The Morgan fingerprint density at radius 1 is 1.09 bits per heavy atom. The maximum Gasteiger partial charge on any atom is 0.116 e. The van der Waals surface area contributed by atoms with Crippen molar-refractivity contribution < 1.29 is 14.3 Å². The van der Waals surface area contributed by atoms with Crippen LogP contribution >= 0.6 is 0 Å². The third-order valence-electron chi connectivity index (χ3n) is 6.30. The van der Waals surface area contributed by atoms with Crippen LogP contribution in [0.15, 0.2) is 23.2 Å². The molecule has 3 rings (SSSR count). The van der Waals surface area contributed by atoms with Crippen molar-refractivity contribution in [2.24, 2.45) is 22.2 Å². The second kappa shape index (κ2) is 20.6. The molecule has 1 saturated heterocycles. The normalized spacial score (nSPS) is 16.3. The van der Waals surface area contributed by atoms with Crippen LogP contribution in [-0.4, -0.2) is 32.0 Å². The zero-order chi connectivity index (χ0) is 26.6. The topological polar surface area (TPSA) is 55.7 Å². The van der Waals surface area contributed by atoms with Crippen molar-refractivity contribution in [3.8, 4) is 0 Å². The number of benzene rings is 1. The van der Waals surface area contributed by atoms with Crippen molar-refractivity contribution in [3.05, 3.63) is 29.3 Å². The number of aldehydes is 1. The van der Waals surface area contributed by atoms with Crippen LogP contribution in [-0.2, 0) is 14.3 Å². The molecule has 0 aromatic heterocycles. The molecule has 1 heterocycles. The quantitative estimate of drug-likeness (QED) is 0.318. The van der Waals surface area contributed by atoms with Crippen LogP contribution in [0.4, 0.5) is 5.69 Å². The van der Waals surface area contributed by atoms with Crippen LogP contribution in [0, 0.1) is 31.1 Å². The lowest BCUT2D eigenvalue weighted by Crippen LogP contribution is -2.16. The lowest BCUT2D eigenvalue weighted by atomic mass is 9.91. The van der Waals surface area contributed by atoms with E-state index in [0.29, 0.717) is 0 Å². The highest BCUT2D eigenvalue weighted by atomic mass is 16.5. The zero-order valence-corrected chi connectivity index (χ0v) is 23.7. The van der Waals surface area contributed by atoms with Gasteiger partial charge in [0.15, 0.2) is 0 Å². The molecule has 4 heteroatoms. The van der Waals surface area contributed by atoms with Crippen LogP contribution in [0.1, 0.15) is 105 Å². The minimum atomic E-state index is 0.149. The Morgan fingerprint density at radius 3 is 1.94 bits per heavy atom. The molecule has 0 amide bonds. The van der Waals surface area contributed by atoms with Gasteiger partial charge in [-0.25, -0.2) is 0 Å². The summed E-state index contributed by atoms with van der Waals surface area (Å²) in [7, 11) is 0. The molecule has 1 aliphatic carbocycles. The molecule has 0 spiro atoms. The van der Waals surface area contributed by atoms with Gasteiger partial charge in [-0.3, -0.25) is 4.99 Å². The van der Waals surface area contributed by atoms with Crippen LogP contribution in [0.25, 0.3) is 0 Å². The van der Waals surface area contributed by atoms with Gasteiger partial charge in [-0.05, 0) is 75.0 Å². The SMILES string of the molecule is C=O.CC(=Nc1cc(C)ccc1C)C(C)(C)C.CC1CCCC1.CC=O.CCC1CCOCC1. The summed E-state index contributed by atoms with van der Waals surface area (Å²) in [6.07, 6.45) is 10.6. The van der Waals surface area contributed by atoms with E-state index < -0.39 is 0 Å². The Morgan fingerprint density at radius 2 is 1.59 bits per heavy atom. The van der Waals surface area contributed by atoms with Gasteiger partial charge in [-0.1, -0.05) is 78.9 Å². The zero-order valence-electron chi connectivity index (χ0n) is 23.7. The van der Waals surface area contributed by atoms with Gasteiger partial charge in [0.25, 0.3) is 0 Å². The molecule has 0 radical (unpaired) electrons. The summed E-state index contributed by atoms with van der Waals surface area (Å²) < 4.78 is 5.20. The van der Waals surface area contributed by atoms with Crippen molar-refractivity contribution >= 4 is 24.5 Å². The minimum Gasteiger partial charge on any atom is -0.381 e. The molecule has 0 unspecified atom stereocenters. The van der Waals surface area contributed by atoms with Gasteiger partial charge in [0, 0.05) is 18.9 Å². The molecule has 34 heavy (non-hydrogen) atoms. The second-order valence-corrected chi connectivity index (χ2v) is 10.3. The van der Waals surface area contributed by atoms with E-state index in [2.05, 4.69) is 73.6 Å². The molecule has 196 valence electrons. The molecule has 1 aromatic carbocycles. The number of rotatable bonds is 2. The Labute approximate surface area is 211 Å². The van der Waals surface area contributed by atoms with Crippen LogP contribution in [0.2, 0.25) is 0 Å². The van der Waals surface area contributed by atoms with Crippen molar-refractivity contribution in [2.75, 3.05) is 13.2 Å². The largest absolute Gasteiger partial charge is 0.381 e. The third-order valence-corrected chi connectivity index (χ3v) is 6.30. The van der Waals surface area contributed by atoms with Crippen molar-refractivity contribution in [1.82, 2.24) is 0 Å². The van der Waals surface area contributed by atoms with E-state index in [1.54, 1.807) is 0 Å². The standard InChI is InChI=1S/C14H21N.C7H14O.C6H12.C2H4O.CH2O/c1-10-7-8-11(2)13(9-10)15-12(3)14(4,5)6;1-2-7-3-5-8-6-4-7;1-6-4-2-3-5-6;1-2-3;1-2/h7-9H,1-6H3;7H,2-6H2,1H3;6H,2-5H2,1H3;2H,1H3;1H2. The minimum absolute atomic E-state index is 0.149.